The number of aliphatic hydroxyl groups is 1. The van der Waals surface area contributed by atoms with Crippen molar-refractivity contribution < 1.29 is 14.6 Å². The lowest BCUT2D eigenvalue weighted by Crippen LogP contribution is -2.33. The summed E-state index contributed by atoms with van der Waals surface area (Å²) in [6.07, 6.45) is 1.97. The number of ether oxygens (including phenoxy) is 1. The summed E-state index contributed by atoms with van der Waals surface area (Å²) in [7, 11) is 1.60. The predicted molar refractivity (Wildman–Crippen MR) is 88.4 cm³/mol. The van der Waals surface area contributed by atoms with Crippen LogP contribution in [0.5, 0.6) is 5.75 Å². The molecule has 1 heterocycles. The summed E-state index contributed by atoms with van der Waals surface area (Å²) in [6, 6.07) is 7.22. The fraction of sp³-hybridized carbons (Fsp3) is 0.562. The van der Waals surface area contributed by atoms with E-state index in [-0.39, 0.29) is 24.9 Å². The molecule has 0 bridgehead atoms. The van der Waals surface area contributed by atoms with Gasteiger partial charge in [-0.3, -0.25) is 4.79 Å². The number of carbonyl (C=O) groups excluding carboxylic acids is 1. The van der Waals surface area contributed by atoms with Gasteiger partial charge in [-0.15, -0.1) is 12.4 Å². The van der Waals surface area contributed by atoms with E-state index in [9.17, 15) is 9.90 Å². The van der Waals surface area contributed by atoms with Gasteiger partial charge in [-0.1, -0.05) is 12.1 Å². The summed E-state index contributed by atoms with van der Waals surface area (Å²) in [6.45, 7) is 2.23. The molecule has 2 rings (SSSR count). The van der Waals surface area contributed by atoms with Crippen molar-refractivity contribution in [2.24, 2.45) is 5.92 Å². The summed E-state index contributed by atoms with van der Waals surface area (Å²) in [4.78, 5) is 11.9. The average molecular weight is 329 g/mol. The van der Waals surface area contributed by atoms with Gasteiger partial charge >= 0.3 is 0 Å². The largest absolute Gasteiger partial charge is 0.497 e. The van der Waals surface area contributed by atoms with Crippen LogP contribution in [0.2, 0.25) is 0 Å². The fourth-order valence-electron chi connectivity index (χ4n) is 2.57. The molecule has 0 aliphatic carbocycles. The fourth-order valence-corrected chi connectivity index (χ4v) is 2.57. The molecule has 1 aromatic rings. The zero-order valence-corrected chi connectivity index (χ0v) is 13.7. The second kappa shape index (κ2) is 9.66. The Morgan fingerprint density at radius 3 is 2.59 bits per heavy atom. The Bertz CT molecular complexity index is 447. The Balaban J connectivity index is 0.00000242. The van der Waals surface area contributed by atoms with E-state index < -0.39 is 6.10 Å². The molecule has 1 atom stereocenters. The highest BCUT2D eigenvalue weighted by Gasteiger charge is 2.17. The Morgan fingerprint density at radius 2 is 2.00 bits per heavy atom. The predicted octanol–water partition coefficient (Wildman–Crippen LogP) is 1.66. The van der Waals surface area contributed by atoms with Gasteiger partial charge in [0.1, 0.15) is 5.75 Å². The van der Waals surface area contributed by atoms with Crippen LogP contribution in [0.1, 0.15) is 30.9 Å². The molecule has 0 spiro atoms. The molecule has 124 valence electrons. The molecule has 5 nitrogen and oxygen atoms in total. The molecule has 0 saturated carbocycles. The normalized spacial score (nSPS) is 16.5. The molecule has 22 heavy (non-hydrogen) atoms. The van der Waals surface area contributed by atoms with Crippen LogP contribution in [0, 0.1) is 5.92 Å². The molecule has 0 radical (unpaired) electrons. The standard InChI is InChI=1S/C16H24N2O3.ClH/c1-21-14-4-2-13(3-5-14)15(19)11-18-16(20)10-12-6-8-17-9-7-12;/h2-5,12,15,17,19H,6-11H2,1H3,(H,18,20);1H. The van der Waals surface area contributed by atoms with E-state index in [0.29, 0.717) is 12.3 Å². The number of hydrogen-bond acceptors (Lipinski definition) is 4. The molecule has 0 aromatic heterocycles. The number of amides is 1. The van der Waals surface area contributed by atoms with Crippen molar-refractivity contribution in [2.45, 2.75) is 25.4 Å². The van der Waals surface area contributed by atoms with E-state index in [4.69, 9.17) is 4.74 Å². The third-order valence-corrected chi connectivity index (χ3v) is 3.93. The lowest BCUT2D eigenvalue weighted by atomic mass is 9.94. The van der Waals surface area contributed by atoms with E-state index in [1.54, 1.807) is 19.2 Å². The Hall–Kier alpha value is -1.30. The molecular weight excluding hydrogens is 304 g/mol. The number of rotatable bonds is 6. The highest BCUT2D eigenvalue weighted by molar-refractivity contribution is 5.85. The number of nitrogens with one attached hydrogen (secondary N) is 2. The number of piperidine rings is 1. The number of halogens is 1. The molecule has 1 aromatic carbocycles. The highest BCUT2D eigenvalue weighted by Crippen LogP contribution is 2.18. The highest BCUT2D eigenvalue weighted by atomic mass is 35.5. The minimum Gasteiger partial charge on any atom is -0.497 e. The topological polar surface area (TPSA) is 70.6 Å². The molecule has 1 unspecified atom stereocenters. The van der Waals surface area contributed by atoms with Crippen molar-refractivity contribution in [1.29, 1.82) is 0 Å². The number of carbonyl (C=O) groups is 1. The zero-order valence-electron chi connectivity index (χ0n) is 12.9. The molecule has 1 aliphatic heterocycles. The van der Waals surface area contributed by atoms with Crippen molar-refractivity contribution in [2.75, 3.05) is 26.7 Å². The Labute approximate surface area is 137 Å². The minimum absolute atomic E-state index is 0. The Morgan fingerprint density at radius 1 is 1.36 bits per heavy atom. The maximum atomic E-state index is 11.9. The lowest BCUT2D eigenvalue weighted by Gasteiger charge is -2.22. The van der Waals surface area contributed by atoms with Crippen LogP contribution in [-0.4, -0.2) is 37.8 Å². The van der Waals surface area contributed by atoms with Crippen molar-refractivity contribution in [3.63, 3.8) is 0 Å². The van der Waals surface area contributed by atoms with Crippen LogP contribution in [0.25, 0.3) is 0 Å². The first-order valence-corrected chi connectivity index (χ1v) is 7.48. The van der Waals surface area contributed by atoms with Gasteiger partial charge in [0, 0.05) is 13.0 Å². The second-order valence-electron chi connectivity index (χ2n) is 5.49. The van der Waals surface area contributed by atoms with Crippen LogP contribution in [0.15, 0.2) is 24.3 Å². The SMILES string of the molecule is COc1ccc(C(O)CNC(=O)CC2CCNCC2)cc1.Cl. The van der Waals surface area contributed by atoms with Crippen molar-refractivity contribution in [1.82, 2.24) is 10.6 Å². The summed E-state index contributed by atoms with van der Waals surface area (Å²) < 4.78 is 5.08. The smallest absolute Gasteiger partial charge is 0.220 e. The first-order chi connectivity index (χ1) is 10.2. The third kappa shape index (κ3) is 5.83. The van der Waals surface area contributed by atoms with Crippen molar-refractivity contribution in [3.8, 4) is 5.75 Å². The third-order valence-electron chi connectivity index (χ3n) is 3.93. The average Bonchev–Trinajstić information content (AvgIpc) is 2.53. The number of hydrogen-bond donors (Lipinski definition) is 3. The Kier molecular flexibility index (Phi) is 8.24. The van der Waals surface area contributed by atoms with Crippen LogP contribution in [-0.2, 0) is 4.79 Å². The van der Waals surface area contributed by atoms with Gasteiger partial charge in [0.25, 0.3) is 0 Å². The maximum absolute atomic E-state index is 11.9. The van der Waals surface area contributed by atoms with Gasteiger partial charge in [0.15, 0.2) is 0 Å². The molecule has 6 heteroatoms. The van der Waals surface area contributed by atoms with E-state index in [1.165, 1.54) is 0 Å². The number of benzene rings is 1. The maximum Gasteiger partial charge on any atom is 0.220 e. The van der Waals surface area contributed by atoms with E-state index in [2.05, 4.69) is 10.6 Å². The van der Waals surface area contributed by atoms with Gasteiger partial charge < -0.3 is 20.5 Å². The summed E-state index contributed by atoms with van der Waals surface area (Å²) in [5.74, 6) is 1.24. The molecule has 1 saturated heterocycles. The van der Waals surface area contributed by atoms with Gasteiger partial charge in [-0.2, -0.15) is 0 Å². The van der Waals surface area contributed by atoms with Gasteiger partial charge in [-0.25, -0.2) is 0 Å². The van der Waals surface area contributed by atoms with Crippen molar-refractivity contribution in [3.05, 3.63) is 29.8 Å². The van der Waals surface area contributed by atoms with E-state index in [0.717, 1.165) is 37.2 Å². The summed E-state index contributed by atoms with van der Waals surface area (Å²) >= 11 is 0. The summed E-state index contributed by atoms with van der Waals surface area (Å²) in [5.41, 5.74) is 0.776. The molecule has 1 amide bonds. The molecule has 1 fully saturated rings. The van der Waals surface area contributed by atoms with E-state index >= 15 is 0 Å². The van der Waals surface area contributed by atoms with Crippen molar-refractivity contribution >= 4 is 18.3 Å². The van der Waals surface area contributed by atoms with Crippen LogP contribution >= 0.6 is 12.4 Å². The van der Waals surface area contributed by atoms with Gasteiger partial charge in [0.05, 0.1) is 13.2 Å². The quantitative estimate of drug-likeness (QED) is 0.742. The van der Waals surface area contributed by atoms with E-state index in [1.807, 2.05) is 12.1 Å². The van der Waals surface area contributed by atoms with Crippen LogP contribution in [0.4, 0.5) is 0 Å². The number of methoxy groups -OCH3 is 1. The second-order valence-corrected chi connectivity index (χ2v) is 5.49. The summed E-state index contributed by atoms with van der Waals surface area (Å²) in [5, 5.41) is 16.2. The lowest BCUT2D eigenvalue weighted by molar-refractivity contribution is -0.122. The zero-order chi connectivity index (χ0) is 15.1. The van der Waals surface area contributed by atoms with Crippen LogP contribution < -0.4 is 15.4 Å². The number of aliphatic hydroxyl groups excluding tert-OH is 1. The first-order valence-electron chi connectivity index (χ1n) is 7.48. The first kappa shape index (κ1) is 18.7. The monoisotopic (exact) mass is 328 g/mol. The van der Waals surface area contributed by atoms with Gasteiger partial charge in [-0.05, 0) is 49.5 Å². The van der Waals surface area contributed by atoms with Gasteiger partial charge in [0.2, 0.25) is 5.91 Å². The molecular formula is C16H25ClN2O3. The minimum atomic E-state index is -0.687. The molecule has 1 aliphatic rings. The van der Waals surface area contributed by atoms with Crippen LogP contribution in [0.3, 0.4) is 0 Å². The molecule has 3 N–H and O–H groups in total.